The zero-order valence-electron chi connectivity index (χ0n) is 18.9. The highest BCUT2D eigenvalue weighted by Gasteiger charge is 2.35. The lowest BCUT2D eigenvalue weighted by molar-refractivity contribution is -0.137. The number of primary sulfonamides is 1. The van der Waals surface area contributed by atoms with Crippen LogP contribution in [0.3, 0.4) is 0 Å². The number of nitrogens with one attached hydrogen (secondary N) is 3. The Hall–Kier alpha value is -3.88. The molecule has 5 N–H and O–H groups in total. The number of rotatable bonds is 6. The number of halogens is 3. The van der Waals surface area contributed by atoms with Crippen LogP contribution >= 0.6 is 0 Å². The molecule has 194 valence electrons. The minimum absolute atomic E-state index is 0.0826. The molecule has 0 spiro atoms. The van der Waals surface area contributed by atoms with Crippen LogP contribution in [0.2, 0.25) is 0 Å². The maximum absolute atomic E-state index is 13.7. The monoisotopic (exact) mass is 552 g/mol. The molecular formula is C23H19F3N4O5S2. The molecule has 37 heavy (non-hydrogen) atoms. The third-order valence-corrected chi connectivity index (χ3v) is 6.74. The number of sulfonamides is 2. The highest BCUT2D eigenvalue weighted by atomic mass is 32.2. The summed E-state index contributed by atoms with van der Waals surface area (Å²) in [6.45, 7) is 0. The molecule has 1 aromatic heterocycles. The summed E-state index contributed by atoms with van der Waals surface area (Å²) in [5.74, 6) is -0.591. The molecule has 1 heterocycles. The summed E-state index contributed by atoms with van der Waals surface area (Å²) in [5.41, 5.74) is -0.319. The van der Waals surface area contributed by atoms with Crippen molar-refractivity contribution in [2.24, 2.45) is 5.14 Å². The summed E-state index contributed by atoms with van der Waals surface area (Å²) in [7, 11) is -7.85. The summed E-state index contributed by atoms with van der Waals surface area (Å²) in [6.07, 6.45) is -3.87. The molecule has 0 aliphatic rings. The van der Waals surface area contributed by atoms with Gasteiger partial charge in [0, 0.05) is 16.6 Å². The Morgan fingerprint density at radius 1 is 0.919 bits per heavy atom. The van der Waals surface area contributed by atoms with Crippen molar-refractivity contribution >= 4 is 48.2 Å². The topological polar surface area (TPSA) is 151 Å². The Balaban J connectivity index is 1.64. The van der Waals surface area contributed by atoms with Gasteiger partial charge in [0.25, 0.3) is 5.91 Å². The number of nitrogens with two attached hydrogens (primary N) is 1. The standard InChI is InChI=1S/C23H19F3N4O5S2/c1-36(32,33)30-16-6-5-14-10-21(29-20(14)11-16)22(31)28-15-4-2-3-13(9-15)18-8-7-17(37(27,34)35)12-19(18)23(24,25)26/h2-12,29-30H,1H3,(H,28,31)(H2,27,34,35). The van der Waals surface area contributed by atoms with E-state index in [1.165, 1.54) is 42.5 Å². The Bertz CT molecular complexity index is 1750. The fourth-order valence-electron chi connectivity index (χ4n) is 3.68. The van der Waals surface area contributed by atoms with Crippen LogP contribution in [0, 0.1) is 0 Å². The minimum atomic E-state index is -4.87. The fourth-order valence-corrected chi connectivity index (χ4v) is 4.77. The van der Waals surface area contributed by atoms with Crippen molar-refractivity contribution in [3.63, 3.8) is 0 Å². The summed E-state index contributed by atoms with van der Waals surface area (Å²) in [4.78, 5) is 15.0. The average molecular weight is 553 g/mol. The van der Waals surface area contributed by atoms with Crippen LogP contribution in [0.15, 0.2) is 71.6 Å². The van der Waals surface area contributed by atoms with Gasteiger partial charge in [0.2, 0.25) is 20.0 Å². The summed E-state index contributed by atoms with van der Waals surface area (Å²) in [5, 5.41) is 8.20. The maximum atomic E-state index is 13.7. The van der Waals surface area contributed by atoms with Crippen LogP contribution in [-0.4, -0.2) is 34.0 Å². The zero-order chi connectivity index (χ0) is 27.2. The van der Waals surface area contributed by atoms with Crippen LogP contribution in [0.25, 0.3) is 22.0 Å². The molecule has 3 aromatic carbocycles. The van der Waals surface area contributed by atoms with Crippen LogP contribution in [0.5, 0.6) is 0 Å². The van der Waals surface area contributed by atoms with E-state index in [1.54, 1.807) is 6.07 Å². The van der Waals surface area contributed by atoms with Crippen molar-refractivity contribution < 1.29 is 34.8 Å². The molecule has 0 atom stereocenters. The van der Waals surface area contributed by atoms with Crippen LogP contribution in [-0.2, 0) is 26.2 Å². The first-order chi connectivity index (χ1) is 17.1. The first-order valence-corrected chi connectivity index (χ1v) is 13.8. The second-order valence-electron chi connectivity index (χ2n) is 8.14. The lowest BCUT2D eigenvalue weighted by atomic mass is 9.99. The van der Waals surface area contributed by atoms with E-state index in [9.17, 15) is 34.8 Å². The zero-order valence-corrected chi connectivity index (χ0v) is 20.6. The van der Waals surface area contributed by atoms with Gasteiger partial charge in [-0.2, -0.15) is 13.2 Å². The van der Waals surface area contributed by atoms with Crippen LogP contribution < -0.4 is 15.2 Å². The largest absolute Gasteiger partial charge is 0.417 e. The van der Waals surface area contributed by atoms with Gasteiger partial charge in [-0.15, -0.1) is 0 Å². The number of aromatic amines is 1. The number of H-pyrrole nitrogens is 1. The molecule has 14 heteroatoms. The van der Waals surface area contributed by atoms with E-state index in [0.29, 0.717) is 22.7 Å². The molecule has 0 fully saturated rings. The first-order valence-electron chi connectivity index (χ1n) is 10.4. The molecule has 0 unspecified atom stereocenters. The highest BCUT2D eigenvalue weighted by Crippen LogP contribution is 2.39. The predicted octanol–water partition coefficient (Wildman–Crippen LogP) is 4.12. The van der Waals surface area contributed by atoms with Crippen molar-refractivity contribution in [3.8, 4) is 11.1 Å². The number of fused-ring (bicyclic) bond motifs is 1. The van der Waals surface area contributed by atoms with Gasteiger partial charge in [0.05, 0.1) is 22.4 Å². The molecule has 1 amide bonds. The lowest BCUT2D eigenvalue weighted by Crippen LogP contribution is -2.15. The second kappa shape index (κ2) is 9.21. The van der Waals surface area contributed by atoms with E-state index in [2.05, 4.69) is 15.0 Å². The highest BCUT2D eigenvalue weighted by molar-refractivity contribution is 7.92. The van der Waals surface area contributed by atoms with Crippen molar-refractivity contribution in [2.75, 3.05) is 16.3 Å². The van der Waals surface area contributed by atoms with Gasteiger partial charge in [-0.25, -0.2) is 22.0 Å². The normalized spacial score (nSPS) is 12.5. The SMILES string of the molecule is CS(=O)(=O)Nc1ccc2cc(C(=O)Nc3cccc(-c4ccc(S(N)(=O)=O)cc4C(F)(F)F)c3)[nH]c2c1. The van der Waals surface area contributed by atoms with E-state index in [0.717, 1.165) is 18.4 Å². The Kier molecular flexibility index (Phi) is 6.52. The number of carbonyl (C=O) groups is 1. The second-order valence-corrected chi connectivity index (χ2v) is 11.5. The van der Waals surface area contributed by atoms with E-state index in [4.69, 9.17) is 5.14 Å². The van der Waals surface area contributed by atoms with Crippen LogP contribution in [0.1, 0.15) is 16.1 Å². The van der Waals surface area contributed by atoms with Crippen molar-refractivity contribution in [1.82, 2.24) is 4.98 Å². The van der Waals surface area contributed by atoms with Crippen molar-refractivity contribution in [2.45, 2.75) is 11.1 Å². The van der Waals surface area contributed by atoms with Gasteiger partial charge >= 0.3 is 6.18 Å². The third-order valence-electron chi connectivity index (χ3n) is 5.23. The number of hydrogen-bond donors (Lipinski definition) is 4. The molecule has 4 aromatic rings. The van der Waals surface area contributed by atoms with Crippen molar-refractivity contribution in [1.29, 1.82) is 0 Å². The molecule has 0 bridgehead atoms. The lowest BCUT2D eigenvalue weighted by Gasteiger charge is -2.15. The van der Waals surface area contributed by atoms with Gasteiger partial charge in [-0.3, -0.25) is 9.52 Å². The Labute approximate surface area is 209 Å². The van der Waals surface area contributed by atoms with Gasteiger partial charge in [-0.05, 0) is 53.6 Å². The summed E-state index contributed by atoms with van der Waals surface area (Å²) < 4.78 is 89.4. The molecule has 0 aliphatic carbocycles. The molecule has 0 saturated heterocycles. The first kappa shape index (κ1) is 26.2. The summed E-state index contributed by atoms with van der Waals surface area (Å²) in [6, 6.07) is 14.2. The molecular weight excluding hydrogens is 533 g/mol. The van der Waals surface area contributed by atoms with Gasteiger partial charge < -0.3 is 10.3 Å². The predicted molar refractivity (Wildman–Crippen MR) is 133 cm³/mol. The van der Waals surface area contributed by atoms with Crippen molar-refractivity contribution in [3.05, 3.63) is 78.0 Å². The number of anilines is 2. The Morgan fingerprint density at radius 2 is 1.65 bits per heavy atom. The van der Waals surface area contributed by atoms with E-state index in [1.807, 2.05) is 0 Å². The third kappa shape index (κ3) is 6.10. The molecule has 9 nitrogen and oxygen atoms in total. The van der Waals surface area contributed by atoms with E-state index < -0.39 is 42.6 Å². The molecule has 4 rings (SSSR count). The van der Waals surface area contributed by atoms with E-state index in [-0.39, 0.29) is 22.5 Å². The fraction of sp³-hybridized carbons (Fsp3) is 0.0870. The smallest absolute Gasteiger partial charge is 0.350 e. The number of carbonyl (C=O) groups excluding carboxylic acids is 1. The number of amides is 1. The molecule has 0 radical (unpaired) electrons. The average Bonchev–Trinajstić information content (AvgIpc) is 3.20. The van der Waals surface area contributed by atoms with Gasteiger partial charge in [0.15, 0.2) is 0 Å². The van der Waals surface area contributed by atoms with E-state index >= 15 is 0 Å². The Morgan fingerprint density at radius 3 is 2.30 bits per heavy atom. The quantitative estimate of drug-likeness (QED) is 0.284. The van der Waals surface area contributed by atoms with Gasteiger partial charge in [-0.1, -0.05) is 24.3 Å². The minimum Gasteiger partial charge on any atom is -0.350 e. The van der Waals surface area contributed by atoms with Crippen LogP contribution in [0.4, 0.5) is 24.5 Å². The summed E-state index contributed by atoms with van der Waals surface area (Å²) >= 11 is 0. The number of aromatic nitrogens is 1. The number of alkyl halides is 3. The number of benzene rings is 3. The molecule has 0 saturated carbocycles. The van der Waals surface area contributed by atoms with Gasteiger partial charge in [0.1, 0.15) is 5.69 Å². The maximum Gasteiger partial charge on any atom is 0.417 e. The number of hydrogen-bond acceptors (Lipinski definition) is 5. The molecule has 0 aliphatic heterocycles.